The molecule has 0 unspecified atom stereocenters. The van der Waals surface area contributed by atoms with Crippen LogP contribution in [0, 0.1) is 0 Å². The highest BCUT2D eigenvalue weighted by Crippen LogP contribution is 2.25. The largest absolute Gasteiger partial charge is 0.243 e. The van der Waals surface area contributed by atoms with Crippen LogP contribution in [-0.2, 0) is 10.0 Å². The third kappa shape index (κ3) is 2.42. The quantitative estimate of drug-likeness (QED) is 0.784. The monoisotopic (exact) mass is 323 g/mol. The predicted molar refractivity (Wildman–Crippen MR) is 67.5 cm³/mol. The Morgan fingerprint density at radius 3 is 2.44 bits per heavy atom. The van der Waals surface area contributed by atoms with Gasteiger partial charge in [-0.3, -0.25) is 0 Å². The van der Waals surface area contributed by atoms with Gasteiger partial charge >= 0.3 is 0 Å². The van der Waals surface area contributed by atoms with Gasteiger partial charge in [0.1, 0.15) is 0 Å². The second-order valence-electron chi connectivity index (χ2n) is 3.70. The molecule has 0 aromatic heterocycles. The van der Waals surface area contributed by atoms with Gasteiger partial charge in [-0.05, 0) is 30.7 Å². The Morgan fingerprint density at radius 2 is 1.94 bits per heavy atom. The summed E-state index contributed by atoms with van der Waals surface area (Å²) in [5.74, 6) is 0. The van der Waals surface area contributed by atoms with Gasteiger partial charge in [0.2, 0.25) is 10.0 Å². The van der Waals surface area contributed by atoms with Crippen molar-refractivity contribution in [1.82, 2.24) is 4.31 Å². The van der Waals surface area contributed by atoms with E-state index in [0.717, 1.165) is 6.42 Å². The Morgan fingerprint density at radius 1 is 1.31 bits per heavy atom. The Hall–Kier alpha value is -0.100. The minimum atomic E-state index is -3.34. The van der Waals surface area contributed by atoms with Crippen molar-refractivity contribution < 1.29 is 8.42 Å². The summed E-state index contributed by atoms with van der Waals surface area (Å²) in [7, 11) is -3.34. The fourth-order valence-electron chi connectivity index (χ4n) is 1.66. The van der Waals surface area contributed by atoms with Crippen LogP contribution >= 0.6 is 27.5 Å². The van der Waals surface area contributed by atoms with E-state index in [2.05, 4.69) is 15.9 Å². The van der Waals surface area contributed by atoms with Crippen molar-refractivity contribution in [1.29, 1.82) is 0 Å². The molecule has 0 N–H and O–H groups in total. The van der Waals surface area contributed by atoms with Crippen LogP contribution in [0.15, 0.2) is 29.2 Å². The van der Waals surface area contributed by atoms with E-state index in [9.17, 15) is 8.42 Å². The number of sulfonamides is 1. The minimum Gasteiger partial charge on any atom is -0.207 e. The Kier molecular flexibility index (Phi) is 3.59. The molecule has 0 saturated carbocycles. The van der Waals surface area contributed by atoms with Crippen LogP contribution in [-0.4, -0.2) is 30.6 Å². The highest BCUT2D eigenvalue weighted by Gasteiger charge is 2.31. The molecule has 6 heteroatoms. The second-order valence-corrected chi connectivity index (χ2v) is 7.37. The molecule has 0 radical (unpaired) electrons. The van der Waals surface area contributed by atoms with Gasteiger partial charge < -0.3 is 0 Å². The lowest BCUT2D eigenvalue weighted by atomic mass is 10.4. The normalized spacial score (nSPS) is 22.5. The van der Waals surface area contributed by atoms with Crippen molar-refractivity contribution >= 4 is 37.6 Å². The highest BCUT2D eigenvalue weighted by atomic mass is 79.9. The molecule has 1 fully saturated rings. The molecule has 1 atom stereocenters. The van der Waals surface area contributed by atoms with Crippen molar-refractivity contribution in [3.63, 3.8) is 0 Å². The van der Waals surface area contributed by atoms with E-state index >= 15 is 0 Å². The minimum absolute atomic E-state index is 0.259. The maximum absolute atomic E-state index is 12.2. The molecule has 88 valence electrons. The maximum atomic E-state index is 12.2. The first-order valence-electron chi connectivity index (χ1n) is 4.90. The van der Waals surface area contributed by atoms with Gasteiger partial charge in [-0.1, -0.05) is 27.5 Å². The third-order valence-electron chi connectivity index (χ3n) is 2.54. The van der Waals surface area contributed by atoms with Crippen LogP contribution in [0.1, 0.15) is 6.42 Å². The molecule has 16 heavy (non-hydrogen) atoms. The molecule has 3 nitrogen and oxygen atoms in total. The lowest BCUT2D eigenvalue weighted by molar-refractivity contribution is 0.478. The first kappa shape index (κ1) is 12.4. The van der Waals surface area contributed by atoms with Gasteiger partial charge in [-0.25, -0.2) is 8.42 Å². The molecule has 1 aliphatic rings. The lowest BCUT2D eigenvalue weighted by Crippen LogP contribution is -2.28. The number of benzene rings is 1. The fraction of sp³-hybridized carbons (Fsp3) is 0.400. The molecule has 1 heterocycles. The van der Waals surface area contributed by atoms with Gasteiger partial charge in [0.15, 0.2) is 0 Å². The van der Waals surface area contributed by atoms with Crippen LogP contribution in [0.3, 0.4) is 0 Å². The number of halogens is 2. The number of rotatable bonds is 2. The van der Waals surface area contributed by atoms with Crippen molar-refractivity contribution in [3.8, 4) is 0 Å². The van der Waals surface area contributed by atoms with E-state index in [1.54, 1.807) is 24.3 Å². The summed E-state index contributed by atoms with van der Waals surface area (Å²) >= 11 is 9.16. The summed E-state index contributed by atoms with van der Waals surface area (Å²) in [6.45, 7) is 1.10. The second kappa shape index (κ2) is 4.64. The average molecular weight is 325 g/mol. The first-order chi connectivity index (χ1) is 7.50. The van der Waals surface area contributed by atoms with E-state index in [-0.39, 0.29) is 4.83 Å². The van der Waals surface area contributed by atoms with Crippen LogP contribution in [0.4, 0.5) is 0 Å². The summed E-state index contributed by atoms with van der Waals surface area (Å²) in [6.07, 6.45) is 0.854. The zero-order chi connectivity index (χ0) is 11.8. The van der Waals surface area contributed by atoms with Crippen molar-refractivity contribution in [2.45, 2.75) is 16.1 Å². The van der Waals surface area contributed by atoms with E-state index in [1.807, 2.05) is 0 Å². The smallest absolute Gasteiger partial charge is 0.207 e. The summed E-state index contributed by atoms with van der Waals surface area (Å²) in [4.78, 5) is 0.563. The van der Waals surface area contributed by atoms with Gasteiger partial charge in [-0.2, -0.15) is 4.31 Å². The molecule has 1 aromatic carbocycles. The molecular weight excluding hydrogens is 314 g/mol. The summed E-state index contributed by atoms with van der Waals surface area (Å²) in [5, 5.41) is 0.540. The molecule has 0 bridgehead atoms. The standard InChI is InChI=1S/C10H11BrClNO2S/c11-8-5-6-13(7-8)16(14,15)10-3-1-9(12)2-4-10/h1-4,8H,5-7H2/t8-/m0/s1. The number of alkyl halides is 1. The van der Waals surface area contributed by atoms with Crippen molar-refractivity contribution in [2.75, 3.05) is 13.1 Å². The molecule has 1 aliphatic heterocycles. The van der Waals surface area contributed by atoms with E-state index in [1.165, 1.54) is 4.31 Å². The van der Waals surface area contributed by atoms with E-state index in [4.69, 9.17) is 11.6 Å². The molecule has 1 aromatic rings. The van der Waals surface area contributed by atoms with Gasteiger partial charge in [0.25, 0.3) is 0 Å². The molecule has 1 saturated heterocycles. The highest BCUT2D eigenvalue weighted by molar-refractivity contribution is 9.09. The Bertz CT molecular complexity index is 474. The van der Waals surface area contributed by atoms with Crippen molar-refractivity contribution in [2.24, 2.45) is 0 Å². The topological polar surface area (TPSA) is 37.4 Å². The SMILES string of the molecule is O=S(=O)(c1ccc(Cl)cc1)N1CC[C@H](Br)C1. The molecule has 0 spiro atoms. The predicted octanol–water partition coefficient (Wildman–Crippen LogP) is 2.50. The van der Waals surface area contributed by atoms with Crippen molar-refractivity contribution in [3.05, 3.63) is 29.3 Å². The zero-order valence-electron chi connectivity index (χ0n) is 8.44. The molecular formula is C10H11BrClNO2S. The van der Waals surface area contributed by atoms with Crippen LogP contribution in [0.2, 0.25) is 5.02 Å². The molecule has 2 rings (SSSR count). The first-order valence-corrected chi connectivity index (χ1v) is 7.63. The summed E-state index contributed by atoms with van der Waals surface area (Å²) in [5.41, 5.74) is 0. The number of hydrogen-bond donors (Lipinski definition) is 0. The number of nitrogens with zero attached hydrogens (tertiary/aromatic N) is 1. The van der Waals surface area contributed by atoms with Gasteiger partial charge in [0, 0.05) is 22.9 Å². The summed E-state index contributed by atoms with van der Waals surface area (Å²) < 4.78 is 25.8. The zero-order valence-corrected chi connectivity index (χ0v) is 11.6. The van der Waals surface area contributed by atoms with E-state index in [0.29, 0.717) is 23.0 Å². The third-order valence-corrected chi connectivity index (χ3v) is 5.42. The van der Waals surface area contributed by atoms with Crippen LogP contribution in [0.5, 0.6) is 0 Å². The lowest BCUT2D eigenvalue weighted by Gasteiger charge is -2.15. The fourth-order valence-corrected chi connectivity index (χ4v) is 4.03. The van der Waals surface area contributed by atoms with Gasteiger partial charge in [-0.15, -0.1) is 0 Å². The maximum Gasteiger partial charge on any atom is 0.243 e. The van der Waals surface area contributed by atoms with Gasteiger partial charge in [0.05, 0.1) is 4.90 Å². The van der Waals surface area contributed by atoms with Crippen LogP contribution in [0.25, 0.3) is 0 Å². The van der Waals surface area contributed by atoms with Crippen LogP contribution < -0.4 is 0 Å². The Balaban J connectivity index is 2.29. The molecule has 0 amide bonds. The van der Waals surface area contributed by atoms with E-state index < -0.39 is 10.0 Å². The summed E-state index contributed by atoms with van der Waals surface area (Å²) in [6, 6.07) is 6.27. The Labute approximate surface area is 109 Å². The average Bonchev–Trinajstić information content (AvgIpc) is 2.66. The molecule has 0 aliphatic carbocycles. The number of hydrogen-bond acceptors (Lipinski definition) is 2.